The van der Waals surface area contributed by atoms with Crippen LogP contribution in [-0.2, 0) is 28.6 Å². The monoisotopic (exact) mass is 1070 g/mol. The first-order valence-corrected chi connectivity index (χ1v) is 31.5. The van der Waals surface area contributed by atoms with Crippen LogP contribution in [0.15, 0.2) is 158 Å². The molecule has 0 rings (SSSR count). The lowest BCUT2D eigenvalue weighted by Gasteiger charge is -2.18. The summed E-state index contributed by atoms with van der Waals surface area (Å²) < 4.78 is 16.8. The highest BCUT2D eigenvalue weighted by molar-refractivity contribution is 5.72. The molecule has 0 fully saturated rings. The second kappa shape index (κ2) is 64.6. The zero-order valence-corrected chi connectivity index (χ0v) is 50.1. The molecule has 0 heterocycles. The average molecular weight is 1080 g/mol. The standard InChI is InChI=1S/C72H114O6/c1-4-7-10-13-16-19-22-25-28-30-31-32-33-34-35-36-37-38-39-40-41-42-45-47-50-53-56-59-62-65-71(74)77-68-69(67-76-70(73)64-61-58-55-52-49-46-43-27-24-21-18-15-12-9-6-3)78-72(75)66-63-60-57-54-51-48-44-29-26-23-20-17-14-11-8-5-2/h7,9-10,12,16,18-19,21,25,27-29,31-32,34-35,37-38,40-41,43-44,49,52,58,61,69H,4-6,8,11,13-15,17,20,22-24,26,30,33,36,39,42,45-48,50-51,53-57,59-60,62-68H2,1-3H3/b10-7-,12-9-,19-16-,21-18-,28-25-,32-31-,35-34-,38-37-,41-40-,43-27-,44-29-,52-49-,61-58-. The summed E-state index contributed by atoms with van der Waals surface area (Å²) in [6.07, 6.45) is 94.1. The topological polar surface area (TPSA) is 78.9 Å². The van der Waals surface area contributed by atoms with Gasteiger partial charge in [0.15, 0.2) is 6.10 Å². The van der Waals surface area contributed by atoms with Gasteiger partial charge in [-0.25, -0.2) is 0 Å². The number of hydrogen-bond acceptors (Lipinski definition) is 6. The first-order chi connectivity index (χ1) is 38.5. The van der Waals surface area contributed by atoms with Crippen LogP contribution in [0, 0.1) is 0 Å². The summed E-state index contributed by atoms with van der Waals surface area (Å²) in [7, 11) is 0. The molecule has 0 radical (unpaired) electrons. The highest BCUT2D eigenvalue weighted by atomic mass is 16.6. The molecule has 0 saturated heterocycles. The van der Waals surface area contributed by atoms with Crippen molar-refractivity contribution in [2.45, 2.75) is 264 Å². The van der Waals surface area contributed by atoms with Crippen LogP contribution in [0.5, 0.6) is 0 Å². The van der Waals surface area contributed by atoms with Crippen molar-refractivity contribution >= 4 is 17.9 Å². The lowest BCUT2D eigenvalue weighted by atomic mass is 10.1. The molecule has 1 atom stereocenters. The maximum Gasteiger partial charge on any atom is 0.309 e. The van der Waals surface area contributed by atoms with Crippen LogP contribution in [-0.4, -0.2) is 37.2 Å². The van der Waals surface area contributed by atoms with E-state index >= 15 is 0 Å². The summed E-state index contributed by atoms with van der Waals surface area (Å²) in [5.41, 5.74) is 0. The fourth-order valence-electron chi connectivity index (χ4n) is 8.14. The van der Waals surface area contributed by atoms with Crippen LogP contribution in [0.4, 0.5) is 0 Å². The molecule has 6 nitrogen and oxygen atoms in total. The number of carbonyl (C=O) groups is 3. The minimum Gasteiger partial charge on any atom is -0.462 e. The molecule has 6 heteroatoms. The maximum atomic E-state index is 12.9. The van der Waals surface area contributed by atoms with Crippen LogP contribution in [0.3, 0.4) is 0 Å². The Hall–Kier alpha value is -4.97. The number of rotatable bonds is 55. The van der Waals surface area contributed by atoms with Crippen LogP contribution in [0.1, 0.15) is 258 Å². The molecule has 0 aromatic carbocycles. The van der Waals surface area contributed by atoms with Crippen molar-refractivity contribution in [2.75, 3.05) is 13.2 Å². The summed E-state index contributed by atoms with van der Waals surface area (Å²) in [6.45, 7) is 6.30. The van der Waals surface area contributed by atoms with Gasteiger partial charge in [-0.2, -0.15) is 0 Å². The Balaban J connectivity index is 4.44. The number of hydrogen-bond donors (Lipinski definition) is 0. The summed E-state index contributed by atoms with van der Waals surface area (Å²) in [5.74, 6) is -1.08. The second-order valence-corrected chi connectivity index (χ2v) is 20.2. The first kappa shape index (κ1) is 73.0. The molecular weight excluding hydrogens is 961 g/mol. The van der Waals surface area contributed by atoms with Gasteiger partial charge in [0.25, 0.3) is 0 Å². The molecule has 0 aromatic heterocycles. The molecule has 0 N–H and O–H groups in total. The number of unbranched alkanes of at least 4 members (excludes halogenated alkanes) is 19. The van der Waals surface area contributed by atoms with E-state index in [2.05, 4.69) is 167 Å². The molecule has 438 valence electrons. The second-order valence-electron chi connectivity index (χ2n) is 20.2. The highest BCUT2D eigenvalue weighted by Crippen LogP contribution is 2.14. The van der Waals surface area contributed by atoms with Gasteiger partial charge < -0.3 is 14.2 Å². The molecule has 0 aromatic rings. The van der Waals surface area contributed by atoms with E-state index in [1.54, 1.807) is 6.08 Å². The lowest BCUT2D eigenvalue weighted by Crippen LogP contribution is -2.30. The fraction of sp³-hybridized carbons (Fsp3) is 0.597. The molecule has 0 spiro atoms. The number of carbonyl (C=O) groups excluding carboxylic acids is 3. The summed E-state index contributed by atoms with van der Waals surface area (Å²) in [6, 6.07) is 0. The summed E-state index contributed by atoms with van der Waals surface area (Å²) in [4.78, 5) is 38.2. The van der Waals surface area contributed by atoms with E-state index in [1.165, 1.54) is 77.0 Å². The van der Waals surface area contributed by atoms with Gasteiger partial charge >= 0.3 is 17.9 Å². The van der Waals surface area contributed by atoms with Crippen LogP contribution in [0.2, 0.25) is 0 Å². The molecule has 0 saturated carbocycles. The minimum absolute atomic E-state index is 0.117. The Morgan fingerprint density at radius 1 is 0.282 bits per heavy atom. The van der Waals surface area contributed by atoms with Gasteiger partial charge in [0, 0.05) is 12.8 Å². The third-order valence-corrected chi connectivity index (χ3v) is 12.8. The van der Waals surface area contributed by atoms with E-state index < -0.39 is 12.1 Å². The van der Waals surface area contributed by atoms with E-state index in [9.17, 15) is 14.4 Å². The highest BCUT2D eigenvalue weighted by Gasteiger charge is 2.19. The van der Waals surface area contributed by atoms with E-state index in [0.29, 0.717) is 12.8 Å². The lowest BCUT2D eigenvalue weighted by molar-refractivity contribution is -0.166. The van der Waals surface area contributed by atoms with Crippen LogP contribution >= 0.6 is 0 Å². The normalized spacial score (nSPS) is 13.2. The number of allylic oxidation sites excluding steroid dienone is 25. The van der Waals surface area contributed by atoms with Gasteiger partial charge in [-0.3, -0.25) is 14.4 Å². The largest absolute Gasteiger partial charge is 0.462 e. The molecule has 0 amide bonds. The number of esters is 3. The maximum absolute atomic E-state index is 12.9. The zero-order valence-electron chi connectivity index (χ0n) is 50.1. The molecule has 78 heavy (non-hydrogen) atoms. The van der Waals surface area contributed by atoms with Gasteiger partial charge in [-0.15, -0.1) is 0 Å². The van der Waals surface area contributed by atoms with Gasteiger partial charge in [-0.1, -0.05) is 269 Å². The SMILES string of the molecule is CC/C=C\C/C=C\C/C=C\C/C=C\C/C=C\C/C=C\C/C=C\CCCCCCCCCC(=O)OCC(COC(=O)C/C=C\C/C=C\C/C=C\C/C=C\C/C=C\CC)OC(=O)CCCCCCC/C=C\CCCCCCCCC. The minimum atomic E-state index is -0.835. The Kier molecular flexibility index (Phi) is 60.4. The van der Waals surface area contributed by atoms with Crippen molar-refractivity contribution in [2.24, 2.45) is 0 Å². The van der Waals surface area contributed by atoms with Gasteiger partial charge in [-0.05, 0) is 128 Å². The molecule has 0 bridgehead atoms. The molecular formula is C72H114O6. The molecule has 0 aliphatic heterocycles. The third kappa shape index (κ3) is 61.9. The Morgan fingerprint density at radius 3 is 0.910 bits per heavy atom. The third-order valence-electron chi connectivity index (χ3n) is 12.8. The van der Waals surface area contributed by atoms with E-state index in [4.69, 9.17) is 14.2 Å². The van der Waals surface area contributed by atoms with Crippen molar-refractivity contribution in [1.29, 1.82) is 0 Å². The van der Waals surface area contributed by atoms with Gasteiger partial charge in [0.1, 0.15) is 13.2 Å². The summed E-state index contributed by atoms with van der Waals surface area (Å²) in [5, 5.41) is 0. The van der Waals surface area contributed by atoms with Crippen molar-refractivity contribution < 1.29 is 28.6 Å². The zero-order chi connectivity index (χ0) is 56.4. The first-order valence-electron chi connectivity index (χ1n) is 31.5. The Bertz CT molecular complexity index is 1760. The average Bonchev–Trinajstić information content (AvgIpc) is 3.44. The van der Waals surface area contributed by atoms with Crippen LogP contribution in [0.25, 0.3) is 0 Å². The van der Waals surface area contributed by atoms with Crippen molar-refractivity contribution in [3.8, 4) is 0 Å². The quantitative estimate of drug-likeness (QED) is 0.0261. The van der Waals surface area contributed by atoms with Gasteiger partial charge in [0.05, 0.1) is 6.42 Å². The molecule has 1 unspecified atom stereocenters. The van der Waals surface area contributed by atoms with Gasteiger partial charge in [0.2, 0.25) is 0 Å². The summed E-state index contributed by atoms with van der Waals surface area (Å²) >= 11 is 0. The van der Waals surface area contributed by atoms with Crippen LogP contribution < -0.4 is 0 Å². The predicted molar refractivity (Wildman–Crippen MR) is 338 cm³/mol. The van der Waals surface area contributed by atoms with E-state index in [0.717, 1.165) is 141 Å². The Labute approximate surface area is 480 Å². The van der Waals surface area contributed by atoms with Crippen molar-refractivity contribution in [1.82, 2.24) is 0 Å². The smallest absolute Gasteiger partial charge is 0.309 e. The Morgan fingerprint density at radius 2 is 0.551 bits per heavy atom. The van der Waals surface area contributed by atoms with Crippen molar-refractivity contribution in [3.05, 3.63) is 158 Å². The fourth-order valence-corrected chi connectivity index (χ4v) is 8.14. The van der Waals surface area contributed by atoms with Crippen molar-refractivity contribution in [3.63, 3.8) is 0 Å². The van der Waals surface area contributed by atoms with E-state index in [-0.39, 0.29) is 31.6 Å². The number of ether oxygens (including phenoxy) is 3. The van der Waals surface area contributed by atoms with E-state index in [1.807, 2.05) is 6.08 Å². The molecule has 0 aliphatic rings. The predicted octanol–water partition coefficient (Wildman–Crippen LogP) is 21.7. The molecule has 0 aliphatic carbocycles.